The zero-order valence-corrected chi connectivity index (χ0v) is 14.1. The molecule has 0 spiro atoms. The van der Waals surface area contributed by atoms with Crippen molar-refractivity contribution in [1.29, 1.82) is 0 Å². The minimum Gasteiger partial charge on any atom is -0.484 e. The fourth-order valence-electron chi connectivity index (χ4n) is 3.04. The van der Waals surface area contributed by atoms with Crippen molar-refractivity contribution < 1.29 is 14.3 Å². The highest BCUT2D eigenvalue weighted by Crippen LogP contribution is 2.44. The molecule has 0 aliphatic heterocycles. The van der Waals surface area contributed by atoms with Gasteiger partial charge >= 0.3 is 0 Å². The number of nitrogens with one attached hydrogen (secondary N) is 1. The molecule has 0 unspecified atom stereocenters. The van der Waals surface area contributed by atoms with Crippen molar-refractivity contribution in [2.45, 2.75) is 31.7 Å². The fourth-order valence-corrected chi connectivity index (χ4v) is 3.04. The second-order valence-electron chi connectivity index (χ2n) is 6.80. The van der Waals surface area contributed by atoms with Crippen molar-refractivity contribution in [1.82, 2.24) is 10.3 Å². The van der Waals surface area contributed by atoms with Crippen molar-refractivity contribution in [3.8, 4) is 17.4 Å². The highest BCUT2D eigenvalue weighted by atomic mass is 16.5. The summed E-state index contributed by atoms with van der Waals surface area (Å²) in [6, 6.07) is 13.1. The topological polar surface area (TPSA) is 60.5 Å². The number of carbonyl (C=O) groups excluding carboxylic acids is 1. The molecule has 2 aliphatic rings. The summed E-state index contributed by atoms with van der Waals surface area (Å²) in [4.78, 5) is 16.2. The lowest BCUT2D eigenvalue weighted by Gasteiger charge is -2.17. The van der Waals surface area contributed by atoms with E-state index < -0.39 is 0 Å². The van der Waals surface area contributed by atoms with Gasteiger partial charge in [-0.15, -0.1) is 0 Å². The molecule has 0 saturated heterocycles. The fraction of sp³-hybridized carbons (Fsp3) is 0.400. The van der Waals surface area contributed by atoms with Crippen LogP contribution in [0.2, 0.25) is 0 Å². The van der Waals surface area contributed by atoms with Crippen LogP contribution in [0.15, 0.2) is 48.7 Å². The van der Waals surface area contributed by atoms with Crippen LogP contribution >= 0.6 is 0 Å². The van der Waals surface area contributed by atoms with Gasteiger partial charge in [0.2, 0.25) is 5.88 Å². The Bertz CT molecular complexity index is 697. The standard InChI is InChI=1S/C20H22N2O3/c23-18(22-20(14-4-5-14)15-6-7-15)13-24-16-8-10-17(11-9-16)25-19-3-1-2-12-21-19/h1-3,8-12,14-15,20H,4-7,13H2,(H,22,23). The molecule has 0 radical (unpaired) electrons. The lowest BCUT2D eigenvalue weighted by Crippen LogP contribution is -2.40. The number of pyridine rings is 1. The summed E-state index contributed by atoms with van der Waals surface area (Å²) in [7, 11) is 0. The molecule has 2 saturated carbocycles. The second kappa shape index (κ2) is 7.13. The predicted octanol–water partition coefficient (Wildman–Crippen LogP) is 3.56. The number of hydrogen-bond acceptors (Lipinski definition) is 4. The van der Waals surface area contributed by atoms with Gasteiger partial charge in [-0.05, 0) is 67.9 Å². The van der Waals surface area contributed by atoms with E-state index in [1.54, 1.807) is 36.5 Å². The van der Waals surface area contributed by atoms with Crippen LogP contribution in [0, 0.1) is 11.8 Å². The normalized spacial score (nSPS) is 16.5. The molecule has 0 atom stereocenters. The molecule has 1 aromatic carbocycles. The highest BCUT2D eigenvalue weighted by molar-refractivity contribution is 5.78. The number of benzene rings is 1. The minimum absolute atomic E-state index is 0.0300. The third-order valence-electron chi connectivity index (χ3n) is 4.64. The first-order chi connectivity index (χ1) is 12.3. The van der Waals surface area contributed by atoms with Crippen LogP contribution in [0.3, 0.4) is 0 Å². The molecule has 130 valence electrons. The lowest BCUT2D eigenvalue weighted by atomic mass is 10.1. The van der Waals surface area contributed by atoms with E-state index in [4.69, 9.17) is 9.47 Å². The van der Waals surface area contributed by atoms with Crippen molar-refractivity contribution in [3.05, 3.63) is 48.7 Å². The molecule has 2 fully saturated rings. The summed E-state index contributed by atoms with van der Waals surface area (Å²) in [5.41, 5.74) is 0. The monoisotopic (exact) mass is 338 g/mol. The van der Waals surface area contributed by atoms with Crippen LogP contribution in [0.25, 0.3) is 0 Å². The molecule has 1 amide bonds. The highest BCUT2D eigenvalue weighted by Gasteiger charge is 2.42. The summed E-state index contributed by atoms with van der Waals surface area (Å²) >= 11 is 0. The Morgan fingerprint density at radius 2 is 1.72 bits per heavy atom. The quantitative estimate of drug-likeness (QED) is 0.799. The molecule has 5 nitrogen and oxygen atoms in total. The van der Waals surface area contributed by atoms with Gasteiger partial charge in [0.25, 0.3) is 5.91 Å². The maximum Gasteiger partial charge on any atom is 0.258 e. The van der Waals surface area contributed by atoms with Crippen LogP contribution < -0.4 is 14.8 Å². The summed E-state index contributed by atoms with van der Waals surface area (Å²) in [6.45, 7) is 0.0520. The molecule has 4 rings (SSSR count). The van der Waals surface area contributed by atoms with E-state index in [2.05, 4.69) is 10.3 Å². The molecule has 1 N–H and O–H groups in total. The number of ether oxygens (including phenoxy) is 2. The van der Waals surface area contributed by atoms with Crippen LogP contribution in [-0.2, 0) is 4.79 Å². The molecular formula is C20H22N2O3. The molecule has 2 aliphatic carbocycles. The SMILES string of the molecule is O=C(COc1ccc(Oc2ccccn2)cc1)NC(C1CC1)C1CC1. The number of hydrogen-bond donors (Lipinski definition) is 1. The average molecular weight is 338 g/mol. The summed E-state index contributed by atoms with van der Waals surface area (Å²) in [6.07, 6.45) is 6.68. The van der Waals surface area contributed by atoms with E-state index in [0.29, 0.717) is 35.3 Å². The predicted molar refractivity (Wildman–Crippen MR) is 93.6 cm³/mol. The van der Waals surface area contributed by atoms with E-state index >= 15 is 0 Å². The lowest BCUT2D eigenvalue weighted by molar-refractivity contribution is -0.124. The van der Waals surface area contributed by atoms with Crippen LogP contribution in [0.5, 0.6) is 17.4 Å². The Morgan fingerprint density at radius 1 is 1.04 bits per heavy atom. The maximum absolute atomic E-state index is 12.1. The van der Waals surface area contributed by atoms with Crippen molar-refractivity contribution >= 4 is 5.91 Å². The number of nitrogens with zero attached hydrogens (tertiary/aromatic N) is 1. The zero-order valence-electron chi connectivity index (χ0n) is 14.1. The molecule has 0 bridgehead atoms. The number of rotatable bonds is 8. The third kappa shape index (κ3) is 4.50. The first kappa shape index (κ1) is 15.9. The zero-order chi connectivity index (χ0) is 17.1. The molecule has 1 aromatic heterocycles. The summed E-state index contributed by atoms with van der Waals surface area (Å²) in [5, 5.41) is 3.16. The molecule has 2 aromatic rings. The Balaban J connectivity index is 1.25. The van der Waals surface area contributed by atoms with Gasteiger partial charge in [0.05, 0.1) is 0 Å². The van der Waals surface area contributed by atoms with E-state index in [1.807, 2.05) is 12.1 Å². The largest absolute Gasteiger partial charge is 0.484 e. The summed E-state index contributed by atoms with van der Waals surface area (Å²) < 4.78 is 11.2. The number of amides is 1. The van der Waals surface area contributed by atoms with Gasteiger partial charge in [-0.3, -0.25) is 4.79 Å². The van der Waals surface area contributed by atoms with Gasteiger partial charge < -0.3 is 14.8 Å². The molecule has 5 heteroatoms. The van der Waals surface area contributed by atoms with Crippen LogP contribution in [-0.4, -0.2) is 23.5 Å². The van der Waals surface area contributed by atoms with Gasteiger partial charge in [-0.2, -0.15) is 0 Å². The average Bonchev–Trinajstić information content (AvgIpc) is 3.54. The van der Waals surface area contributed by atoms with Gasteiger partial charge in [0, 0.05) is 18.3 Å². The summed E-state index contributed by atoms with van der Waals surface area (Å²) in [5.74, 6) is 3.23. The maximum atomic E-state index is 12.1. The number of aromatic nitrogens is 1. The minimum atomic E-state index is -0.0300. The molecule has 1 heterocycles. The van der Waals surface area contributed by atoms with Crippen molar-refractivity contribution in [2.24, 2.45) is 11.8 Å². The van der Waals surface area contributed by atoms with Gasteiger partial charge in [-0.25, -0.2) is 4.98 Å². The molecule has 25 heavy (non-hydrogen) atoms. The van der Waals surface area contributed by atoms with E-state index in [9.17, 15) is 4.79 Å². The third-order valence-corrected chi connectivity index (χ3v) is 4.64. The van der Waals surface area contributed by atoms with Crippen molar-refractivity contribution in [2.75, 3.05) is 6.61 Å². The second-order valence-corrected chi connectivity index (χ2v) is 6.80. The van der Waals surface area contributed by atoms with Gasteiger partial charge in [0.15, 0.2) is 6.61 Å². The first-order valence-corrected chi connectivity index (χ1v) is 8.89. The van der Waals surface area contributed by atoms with Gasteiger partial charge in [-0.1, -0.05) is 6.07 Å². The van der Waals surface area contributed by atoms with E-state index in [0.717, 1.165) is 0 Å². The first-order valence-electron chi connectivity index (χ1n) is 8.89. The Labute approximate surface area is 147 Å². The Hall–Kier alpha value is -2.56. The van der Waals surface area contributed by atoms with E-state index in [1.165, 1.54) is 25.7 Å². The number of carbonyl (C=O) groups is 1. The Morgan fingerprint density at radius 3 is 2.32 bits per heavy atom. The molecular weight excluding hydrogens is 316 g/mol. The van der Waals surface area contributed by atoms with Gasteiger partial charge in [0.1, 0.15) is 11.5 Å². The van der Waals surface area contributed by atoms with E-state index in [-0.39, 0.29) is 12.5 Å². The van der Waals surface area contributed by atoms with Crippen molar-refractivity contribution in [3.63, 3.8) is 0 Å². The van der Waals surface area contributed by atoms with Crippen LogP contribution in [0.1, 0.15) is 25.7 Å². The van der Waals surface area contributed by atoms with Crippen LogP contribution in [0.4, 0.5) is 0 Å². The smallest absolute Gasteiger partial charge is 0.258 e. The Kier molecular flexibility index (Phi) is 4.55.